The first-order valence-electron chi connectivity index (χ1n) is 6.17. The lowest BCUT2D eigenvalue weighted by Gasteiger charge is -2.11. The van der Waals surface area contributed by atoms with E-state index in [0.29, 0.717) is 0 Å². The number of carbonyl (C=O) groups is 1. The summed E-state index contributed by atoms with van der Waals surface area (Å²) in [4.78, 5) is 10.8. The van der Waals surface area contributed by atoms with Crippen LogP contribution in [0.15, 0.2) is 42.5 Å². The minimum Gasteiger partial charge on any atom is -0.457 e. The molecule has 0 atom stereocenters. The molecule has 0 fully saturated rings. The van der Waals surface area contributed by atoms with Crippen LogP contribution >= 0.6 is 0 Å². The van der Waals surface area contributed by atoms with Gasteiger partial charge in [-0.2, -0.15) is 0 Å². The van der Waals surface area contributed by atoms with Gasteiger partial charge in [-0.25, -0.2) is 0 Å². The van der Waals surface area contributed by atoms with Crippen LogP contribution in [0.1, 0.15) is 16.7 Å². The standard InChI is InChI=1S/C16H17NO2/c1-11-4-3-5-12(2)16(11)19-14-8-6-13(7-9-14)10-15(17)18/h3-9H,10H2,1-2H3,(H2,17,18). The lowest BCUT2D eigenvalue weighted by atomic mass is 10.1. The van der Waals surface area contributed by atoms with Crippen LogP contribution in [0.2, 0.25) is 0 Å². The number of aryl methyl sites for hydroxylation is 2. The summed E-state index contributed by atoms with van der Waals surface area (Å²) in [5.74, 6) is 1.30. The van der Waals surface area contributed by atoms with E-state index >= 15 is 0 Å². The van der Waals surface area contributed by atoms with Crippen molar-refractivity contribution in [1.82, 2.24) is 0 Å². The van der Waals surface area contributed by atoms with Crippen molar-refractivity contribution in [3.8, 4) is 11.5 Å². The first kappa shape index (κ1) is 13.1. The zero-order valence-electron chi connectivity index (χ0n) is 11.1. The lowest BCUT2D eigenvalue weighted by Crippen LogP contribution is -2.13. The molecular formula is C16H17NO2. The van der Waals surface area contributed by atoms with Gasteiger partial charge in [0.2, 0.25) is 5.91 Å². The SMILES string of the molecule is Cc1cccc(C)c1Oc1ccc(CC(N)=O)cc1. The van der Waals surface area contributed by atoms with Crippen molar-refractivity contribution in [3.63, 3.8) is 0 Å². The van der Waals surface area contributed by atoms with E-state index in [-0.39, 0.29) is 12.3 Å². The maximum absolute atomic E-state index is 10.8. The van der Waals surface area contributed by atoms with E-state index in [0.717, 1.165) is 28.2 Å². The Morgan fingerprint density at radius 1 is 1.05 bits per heavy atom. The minimum absolute atomic E-state index is 0.254. The number of para-hydroxylation sites is 1. The van der Waals surface area contributed by atoms with Gasteiger partial charge in [-0.1, -0.05) is 30.3 Å². The van der Waals surface area contributed by atoms with Gasteiger partial charge in [0.15, 0.2) is 0 Å². The Labute approximate surface area is 113 Å². The number of rotatable bonds is 4. The fourth-order valence-electron chi connectivity index (χ4n) is 1.95. The molecule has 19 heavy (non-hydrogen) atoms. The van der Waals surface area contributed by atoms with E-state index in [9.17, 15) is 4.79 Å². The molecule has 0 radical (unpaired) electrons. The zero-order valence-corrected chi connectivity index (χ0v) is 11.1. The summed E-state index contributed by atoms with van der Waals surface area (Å²) in [6.45, 7) is 4.04. The van der Waals surface area contributed by atoms with Crippen molar-refractivity contribution in [2.75, 3.05) is 0 Å². The van der Waals surface area contributed by atoms with Crippen LogP contribution in [0.5, 0.6) is 11.5 Å². The number of hydrogen-bond acceptors (Lipinski definition) is 2. The minimum atomic E-state index is -0.330. The molecule has 3 nitrogen and oxygen atoms in total. The van der Waals surface area contributed by atoms with Gasteiger partial charge in [0.1, 0.15) is 11.5 Å². The quantitative estimate of drug-likeness (QED) is 0.912. The number of nitrogens with two attached hydrogens (primary N) is 1. The first-order valence-corrected chi connectivity index (χ1v) is 6.17. The van der Waals surface area contributed by atoms with Crippen LogP contribution < -0.4 is 10.5 Å². The summed E-state index contributed by atoms with van der Waals surface area (Å²) in [7, 11) is 0. The highest BCUT2D eigenvalue weighted by Crippen LogP contribution is 2.28. The van der Waals surface area contributed by atoms with Gasteiger partial charge in [0.05, 0.1) is 6.42 Å². The second-order valence-corrected chi connectivity index (χ2v) is 4.61. The Hall–Kier alpha value is -2.29. The number of carbonyl (C=O) groups excluding carboxylic acids is 1. The number of hydrogen-bond donors (Lipinski definition) is 1. The van der Waals surface area contributed by atoms with Crippen LogP contribution in [0, 0.1) is 13.8 Å². The summed E-state index contributed by atoms with van der Waals surface area (Å²) >= 11 is 0. The van der Waals surface area contributed by atoms with Crippen LogP contribution in [-0.4, -0.2) is 5.91 Å². The maximum Gasteiger partial charge on any atom is 0.221 e. The van der Waals surface area contributed by atoms with Crippen LogP contribution in [0.3, 0.4) is 0 Å². The van der Waals surface area contributed by atoms with Gasteiger partial charge in [-0.05, 0) is 42.7 Å². The summed E-state index contributed by atoms with van der Waals surface area (Å²) in [6.07, 6.45) is 0.254. The molecule has 2 aromatic carbocycles. The summed E-state index contributed by atoms with van der Waals surface area (Å²) < 4.78 is 5.88. The Morgan fingerprint density at radius 2 is 1.63 bits per heavy atom. The van der Waals surface area contributed by atoms with Gasteiger partial charge in [0, 0.05) is 0 Å². The van der Waals surface area contributed by atoms with E-state index in [2.05, 4.69) is 0 Å². The average molecular weight is 255 g/mol. The molecule has 2 aromatic rings. The van der Waals surface area contributed by atoms with Gasteiger partial charge in [-0.15, -0.1) is 0 Å². The highest BCUT2D eigenvalue weighted by atomic mass is 16.5. The second kappa shape index (κ2) is 5.57. The molecule has 0 heterocycles. The number of ether oxygens (including phenoxy) is 1. The molecule has 2 rings (SSSR count). The molecule has 0 aliphatic heterocycles. The van der Waals surface area contributed by atoms with Gasteiger partial charge >= 0.3 is 0 Å². The van der Waals surface area contributed by atoms with Crippen molar-refractivity contribution >= 4 is 5.91 Å². The van der Waals surface area contributed by atoms with Crippen molar-refractivity contribution in [2.45, 2.75) is 20.3 Å². The van der Waals surface area contributed by atoms with Crippen molar-refractivity contribution in [1.29, 1.82) is 0 Å². The molecular weight excluding hydrogens is 238 g/mol. The van der Waals surface area contributed by atoms with Crippen LogP contribution in [0.25, 0.3) is 0 Å². The largest absolute Gasteiger partial charge is 0.457 e. The second-order valence-electron chi connectivity index (χ2n) is 4.61. The Morgan fingerprint density at radius 3 is 2.16 bits per heavy atom. The highest BCUT2D eigenvalue weighted by molar-refractivity contribution is 5.76. The fraction of sp³-hybridized carbons (Fsp3) is 0.188. The molecule has 0 aliphatic rings. The summed E-state index contributed by atoms with van der Waals surface area (Å²) in [6, 6.07) is 13.5. The molecule has 2 N–H and O–H groups in total. The highest BCUT2D eigenvalue weighted by Gasteiger charge is 2.05. The van der Waals surface area contributed by atoms with Gasteiger partial charge in [0.25, 0.3) is 0 Å². The molecule has 0 saturated heterocycles. The normalized spacial score (nSPS) is 10.2. The van der Waals surface area contributed by atoms with Crippen LogP contribution in [0.4, 0.5) is 0 Å². The van der Waals surface area contributed by atoms with E-state index < -0.39 is 0 Å². The Bertz CT molecular complexity index is 568. The zero-order chi connectivity index (χ0) is 13.8. The third kappa shape index (κ3) is 3.35. The molecule has 0 aliphatic carbocycles. The summed E-state index contributed by atoms with van der Waals surface area (Å²) in [5, 5.41) is 0. The smallest absolute Gasteiger partial charge is 0.221 e. The van der Waals surface area contributed by atoms with Gasteiger partial charge in [-0.3, -0.25) is 4.79 Å². The number of benzene rings is 2. The van der Waals surface area contributed by atoms with Gasteiger partial charge < -0.3 is 10.5 Å². The average Bonchev–Trinajstić information content (AvgIpc) is 2.35. The van der Waals surface area contributed by atoms with E-state index in [1.54, 1.807) is 0 Å². The first-order chi connectivity index (χ1) is 9.06. The molecule has 0 saturated carbocycles. The fourth-order valence-corrected chi connectivity index (χ4v) is 1.95. The lowest BCUT2D eigenvalue weighted by molar-refractivity contribution is -0.117. The Balaban J connectivity index is 2.18. The number of amides is 1. The predicted molar refractivity (Wildman–Crippen MR) is 75.3 cm³/mol. The van der Waals surface area contributed by atoms with E-state index in [4.69, 9.17) is 10.5 Å². The Kier molecular flexibility index (Phi) is 3.85. The number of primary amides is 1. The van der Waals surface area contributed by atoms with Crippen molar-refractivity contribution in [2.24, 2.45) is 5.73 Å². The molecule has 0 spiro atoms. The van der Waals surface area contributed by atoms with Crippen molar-refractivity contribution in [3.05, 3.63) is 59.2 Å². The molecule has 0 unspecified atom stereocenters. The molecule has 0 bridgehead atoms. The van der Waals surface area contributed by atoms with Crippen molar-refractivity contribution < 1.29 is 9.53 Å². The van der Waals surface area contributed by atoms with Crippen LogP contribution in [-0.2, 0) is 11.2 Å². The summed E-state index contributed by atoms with van der Waals surface area (Å²) in [5.41, 5.74) is 8.24. The third-order valence-corrected chi connectivity index (χ3v) is 2.93. The molecule has 3 heteroatoms. The predicted octanol–water partition coefficient (Wildman–Crippen LogP) is 3.12. The third-order valence-electron chi connectivity index (χ3n) is 2.93. The van der Waals surface area contributed by atoms with E-state index in [1.807, 2.05) is 56.3 Å². The molecule has 98 valence electrons. The molecule has 1 amide bonds. The maximum atomic E-state index is 10.8. The monoisotopic (exact) mass is 255 g/mol. The topological polar surface area (TPSA) is 52.3 Å². The van der Waals surface area contributed by atoms with E-state index in [1.165, 1.54) is 0 Å². The molecule has 0 aromatic heterocycles.